The summed E-state index contributed by atoms with van der Waals surface area (Å²) in [6.07, 6.45) is 8.09. The monoisotopic (exact) mass is 186 g/mol. The molecule has 0 saturated heterocycles. The van der Waals surface area contributed by atoms with Crippen LogP contribution in [0.25, 0.3) is 11.0 Å². The predicted octanol–water partition coefficient (Wildman–Crippen LogP) is 3.00. The molecular formula is C12H14N2. The largest absolute Gasteiger partial charge is 0.333 e. The Labute approximate surface area is 83.9 Å². The zero-order valence-electron chi connectivity index (χ0n) is 8.19. The minimum absolute atomic E-state index is 1.02. The average Bonchev–Trinajstić information content (AvgIpc) is 2.63. The van der Waals surface area contributed by atoms with Crippen molar-refractivity contribution in [3.05, 3.63) is 43.2 Å². The van der Waals surface area contributed by atoms with Crippen LogP contribution in [-0.4, -0.2) is 9.55 Å². The first-order chi connectivity index (χ1) is 6.92. The fraction of sp³-hybridized carbons (Fsp3) is 0.250. The third-order valence-electron chi connectivity index (χ3n) is 2.33. The molecule has 0 aliphatic heterocycles. The van der Waals surface area contributed by atoms with Gasteiger partial charge in [-0.3, -0.25) is 0 Å². The van der Waals surface area contributed by atoms with Crippen LogP contribution in [0.3, 0.4) is 0 Å². The zero-order valence-corrected chi connectivity index (χ0v) is 8.19. The summed E-state index contributed by atoms with van der Waals surface area (Å²) in [5.41, 5.74) is 1.08. The maximum absolute atomic E-state index is 4.36. The van der Waals surface area contributed by atoms with Crippen molar-refractivity contribution in [3.8, 4) is 0 Å². The van der Waals surface area contributed by atoms with E-state index in [0.29, 0.717) is 0 Å². The van der Waals surface area contributed by atoms with Gasteiger partial charge in [-0.1, -0.05) is 6.08 Å². The number of pyridine rings is 1. The maximum Gasteiger partial charge on any atom is 0.139 e. The molecular weight excluding hydrogens is 172 g/mol. The van der Waals surface area contributed by atoms with Gasteiger partial charge in [0.1, 0.15) is 5.65 Å². The maximum atomic E-state index is 4.36. The van der Waals surface area contributed by atoms with Gasteiger partial charge in [0.15, 0.2) is 0 Å². The highest BCUT2D eigenvalue weighted by Crippen LogP contribution is 2.12. The van der Waals surface area contributed by atoms with Crippen molar-refractivity contribution in [1.82, 2.24) is 9.55 Å². The van der Waals surface area contributed by atoms with Crippen molar-refractivity contribution in [3.63, 3.8) is 0 Å². The summed E-state index contributed by atoms with van der Waals surface area (Å²) in [5.74, 6) is 0. The molecule has 0 unspecified atom stereocenters. The van der Waals surface area contributed by atoms with Crippen molar-refractivity contribution in [2.75, 3.05) is 0 Å². The lowest BCUT2D eigenvalue weighted by Crippen LogP contribution is -1.96. The molecule has 0 fully saturated rings. The molecule has 2 nitrogen and oxygen atoms in total. The van der Waals surface area contributed by atoms with E-state index in [-0.39, 0.29) is 0 Å². The summed E-state index contributed by atoms with van der Waals surface area (Å²) in [7, 11) is 0. The van der Waals surface area contributed by atoms with Crippen molar-refractivity contribution in [2.24, 2.45) is 0 Å². The second-order valence-corrected chi connectivity index (χ2v) is 3.36. The summed E-state index contributed by atoms with van der Waals surface area (Å²) in [5, 5.41) is 1.21. The minimum Gasteiger partial charge on any atom is -0.333 e. The van der Waals surface area contributed by atoms with Crippen molar-refractivity contribution < 1.29 is 0 Å². The Morgan fingerprint density at radius 2 is 2.36 bits per heavy atom. The van der Waals surface area contributed by atoms with Gasteiger partial charge in [0, 0.05) is 24.3 Å². The van der Waals surface area contributed by atoms with E-state index in [1.54, 1.807) is 0 Å². The van der Waals surface area contributed by atoms with Gasteiger partial charge in [-0.15, -0.1) is 6.58 Å². The molecule has 0 N–H and O–H groups in total. The van der Waals surface area contributed by atoms with Crippen LogP contribution in [0.5, 0.6) is 0 Å². The molecule has 2 rings (SSSR count). The smallest absolute Gasteiger partial charge is 0.139 e. The summed E-state index contributed by atoms with van der Waals surface area (Å²) in [4.78, 5) is 4.36. The molecule has 0 saturated carbocycles. The number of aromatic nitrogens is 2. The van der Waals surface area contributed by atoms with Gasteiger partial charge < -0.3 is 4.57 Å². The van der Waals surface area contributed by atoms with E-state index in [2.05, 4.69) is 34.5 Å². The van der Waals surface area contributed by atoms with Gasteiger partial charge in [0.25, 0.3) is 0 Å². The molecule has 0 spiro atoms. The van der Waals surface area contributed by atoms with Crippen LogP contribution in [0.15, 0.2) is 43.2 Å². The van der Waals surface area contributed by atoms with Gasteiger partial charge >= 0.3 is 0 Å². The lowest BCUT2D eigenvalue weighted by atomic mass is 10.3. The number of hydrogen-bond donors (Lipinski definition) is 0. The Kier molecular flexibility index (Phi) is 2.63. The number of unbranched alkanes of at least 4 members (excludes halogenated alkanes) is 1. The summed E-state index contributed by atoms with van der Waals surface area (Å²) in [6.45, 7) is 4.74. The van der Waals surface area contributed by atoms with Crippen molar-refractivity contribution in [1.29, 1.82) is 0 Å². The van der Waals surface area contributed by atoms with Crippen LogP contribution < -0.4 is 0 Å². The average molecular weight is 186 g/mol. The normalized spacial score (nSPS) is 10.6. The first-order valence-electron chi connectivity index (χ1n) is 4.92. The molecule has 2 aromatic rings. The number of aryl methyl sites for hydroxylation is 1. The highest BCUT2D eigenvalue weighted by Gasteiger charge is 1.99. The van der Waals surface area contributed by atoms with E-state index in [1.807, 2.05) is 18.3 Å². The molecule has 0 amide bonds. The van der Waals surface area contributed by atoms with E-state index in [9.17, 15) is 0 Å². The topological polar surface area (TPSA) is 17.8 Å². The van der Waals surface area contributed by atoms with Crippen LogP contribution in [0.4, 0.5) is 0 Å². The van der Waals surface area contributed by atoms with Crippen LogP contribution in [-0.2, 0) is 6.54 Å². The van der Waals surface area contributed by atoms with Crippen LogP contribution in [0.1, 0.15) is 12.8 Å². The van der Waals surface area contributed by atoms with Crippen LogP contribution in [0, 0.1) is 0 Å². The fourth-order valence-electron chi connectivity index (χ4n) is 1.61. The Hall–Kier alpha value is -1.57. The molecule has 0 bridgehead atoms. The van der Waals surface area contributed by atoms with Gasteiger partial charge in [-0.2, -0.15) is 0 Å². The van der Waals surface area contributed by atoms with E-state index < -0.39 is 0 Å². The molecule has 0 atom stereocenters. The highest BCUT2D eigenvalue weighted by atomic mass is 15.0. The third kappa shape index (κ3) is 1.69. The number of rotatable bonds is 4. The van der Waals surface area contributed by atoms with Crippen LogP contribution >= 0.6 is 0 Å². The summed E-state index contributed by atoms with van der Waals surface area (Å²) in [6, 6.07) is 6.17. The lowest BCUT2D eigenvalue weighted by Gasteiger charge is -2.02. The Morgan fingerprint density at radius 1 is 1.43 bits per heavy atom. The Balaban J connectivity index is 2.20. The van der Waals surface area contributed by atoms with E-state index in [1.165, 1.54) is 5.39 Å². The summed E-state index contributed by atoms with van der Waals surface area (Å²) < 4.78 is 2.19. The quantitative estimate of drug-likeness (QED) is 0.530. The molecule has 2 heterocycles. The molecule has 0 radical (unpaired) electrons. The highest BCUT2D eigenvalue weighted by molar-refractivity contribution is 5.75. The van der Waals surface area contributed by atoms with Gasteiger partial charge in [0.2, 0.25) is 0 Å². The first-order valence-corrected chi connectivity index (χ1v) is 4.92. The van der Waals surface area contributed by atoms with E-state index >= 15 is 0 Å². The van der Waals surface area contributed by atoms with E-state index in [0.717, 1.165) is 25.0 Å². The van der Waals surface area contributed by atoms with Crippen LogP contribution in [0.2, 0.25) is 0 Å². The molecule has 72 valence electrons. The molecule has 0 aromatic carbocycles. The predicted molar refractivity (Wildman–Crippen MR) is 59.2 cm³/mol. The number of nitrogens with zero attached hydrogens (tertiary/aromatic N) is 2. The van der Waals surface area contributed by atoms with Gasteiger partial charge in [-0.05, 0) is 31.0 Å². The summed E-state index contributed by atoms with van der Waals surface area (Å²) >= 11 is 0. The van der Waals surface area contributed by atoms with Gasteiger partial charge in [0.05, 0.1) is 0 Å². The zero-order chi connectivity index (χ0) is 9.80. The molecule has 0 aliphatic carbocycles. The number of fused-ring (bicyclic) bond motifs is 1. The molecule has 2 heteroatoms. The standard InChI is InChI=1S/C12H14N2/c1-2-3-4-9-14-10-7-11-6-5-8-13-12(11)14/h2,5-8,10H,1,3-4,9H2. The lowest BCUT2D eigenvalue weighted by molar-refractivity contribution is 0.666. The van der Waals surface area contributed by atoms with Gasteiger partial charge in [-0.25, -0.2) is 4.98 Å². The Bertz CT molecular complexity index is 429. The second-order valence-electron chi connectivity index (χ2n) is 3.36. The third-order valence-corrected chi connectivity index (χ3v) is 2.33. The SMILES string of the molecule is C=CCCCn1ccc2cccnc21. The van der Waals surface area contributed by atoms with E-state index in [4.69, 9.17) is 0 Å². The molecule has 14 heavy (non-hydrogen) atoms. The minimum atomic E-state index is 1.02. The number of hydrogen-bond acceptors (Lipinski definition) is 1. The Morgan fingerprint density at radius 3 is 3.21 bits per heavy atom. The first kappa shape index (κ1) is 9.00. The molecule has 0 aliphatic rings. The van der Waals surface area contributed by atoms with Crippen molar-refractivity contribution >= 4 is 11.0 Å². The second kappa shape index (κ2) is 4.09. The fourth-order valence-corrected chi connectivity index (χ4v) is 1.61. The number of allylic oxidation sites excluding steroid dienone is 1. The molecule has 2 aromatic heterocycles. The van der Waals surface area contributed by atoms with Crippen molar-refractivity contribution in [2.45, 2.75) is 19.4 Å².